The number of quaternary nitrogens is 1. The quantitative estimate of drug-likeness (QED) is 0.774. The molecule has 2 N–H and O–H groups in total. The van der Waals surface area contributed by atoms with E-state index in [0.29, 0.717) is 31.9 Å². The highest BCUT2D eigenvalue weighted by atomic mass is 19.4. The van der Waals surface area contributed by atoms with Gasteiger partial charge in [0.2, 0.25) is 0 Å². The number of halogens is 5. The zero-order valence-electron chi connectivity index (χ0n) is 14.8. The standard InChI is InChI=1S/C19H18F5N3O/c20-16-5-4-14(11-17(16)21)25-18(28)12-26-6-8-27(9-7-26)15-3-1-2-13(10-15)19(22,23)24/h1-5,10-11H,6-9,12H2,(H,25,28)/p+1. The number of hydrogen-bond acceptors (Lipinski definition) is 2. The van der Waals surface area contributed by atoms with E-state index in [1.165, 1.54) is 12.1 Å². The Bertz CT molecular complexity index is 848. The van der Waals surface area contributed by atoms with Crippen LogP contribution in [0.2, 0.25) is 0 Å². The second kappa shape index (κ2) is 8.14. The summed E-state index contributed by atoms with van der Waals surface area (Å²) in [6.45, 7) is 2.29. The zero-order valence-corrected chi connectivity index (χ0v) is 14.8. The van der Waals surface area contributed by atoms with Gasteiger partial charge in [-0.3, -0.25) is 4.79 Å². The molecule has 2 aromatic rings. The van der Waals surface area contributed by atoms with Gasteiger partial charge < -0.3 is 15.1 Å². The van der Waals surface area contributed by atoms with E-state index in [9.17, 15) is 26.7 Å². The summed E-state index contributed by atoms with van der Waals surface area (Å²) in [6.07, 6.45) is -4.39. The highest BCUT2D eigenvalue weighted by Gasteiger charge is 2.31. The van der Waals surface area contributed by atoms with Crippen LogP contribution in [-0.4, -0.2) is 38.6 Å². The molecular formula is C19H19F5N3O+. The molecule has 1 fully saturated rings. The van der Waals surface area contributed by atoms with Crippen molar-refractivity contribution in [3.63, 3.8) is 0 Å². The molecule has 0 unspecified atom stereocenters. The molecule has 150 valence electrons. The molecule has 1 aliphatic heterocycles. The molecule has 0 bridgehead atoms. The van der Waals surface area contributed by atoms with Crippen molar-refractivity contribution in [2.45, 2.75) is 6.18 Å². The average Bonchev–Trinajstić information content (AvgIpc) is 2.65. The number of anilines is 2. The third-order valence-electron chi connectivity index (χ3n) is 4.62. The number of benzene rings is 2. The number of hydrogen-bond donors (Lipinski definition) is 2. The van der Waals surface area contributed by atoms with Crippen LogP contribution in [0.1, 0.15) is 5.56 Å². The monoisotopic (exact) mass is 400 g/mol. The lowest BCUT2D eigenvalue weighted by molar-refractivity contribution is -0.892. The molecule has 0 spiro atoms. The minimum Gasteiger partial charge on any atom is -0.360 e. The van der Waals surface area contributed by atoms with Crippen molar-refractivity contribution in [3.8, 4) is 0 Å². The summed E-state index contributed by atoms with van der Waals surface area (Å²) in [5, 5.41) is 2.52. The van der Waals surface area contributed by atoms with Crippen LogP contribution in [0.15, 0.2) is 42.5 Å². The van der Waals surface area contributed by atoms with Crippen molar-refractivity contribution in [1.82, 2.24) is 0 Å². The molecule has 0 aliphatic carbocycles. The molecule has 0 saturated carbocycles. The molecule has 1 saturated heterocycles. The van der Waals surface area contributed by atoms with Gasteiger partial charge in [0.25, 0.3) is 5.91 Å². The van der Waals surface area contributed by atoms with Crippen LogP contribution in [-0.2, 0) is 11.0 Å². The second-order valence-corrected chi connectivity index (χ2v) is 6.64. The van der Waals surface area contributed by atoms with Gasteiger partial charge in [-0.15, -0.1) is 0 Å². The highest BCUT2D eigenvalue weighted by Crippen LogP contribution is 2.31. The molecule has 0 atom stereocenters. The third kappa shape index (κ3) is 4.98. The van der Waals surface area contributed by atoms with Crippen LogP contribution < -0.4 is 15.1 Å². The molecule has 1 amide bonds. The fourth-order valence-corrected chi connectivity index (χ4v) is 3.14. The van der Waals surface area contributed by atoms with Gasteiger partial charge in [-0.25, -0.2) is 8.78 Å². The van der Waals surface area contributed by atoms with E-state index in [4.69, 9.17) is 0 Å². The van der Waals surface area contributed by atoms with Crippen molar-refractivity contribution in [2.24, 2.45) is 0 Å². The van der Waals surface area contributed by atoms with Gasteiger partial charge in [0.05, 0.1) is 31.7 Å². The summed E-state index contributed by atoms with van der Waals surface area (Å²) < 4.78 is 64.7. The van der Waals surface area contributed by atoms with E-state index in [1.807, 2.05) is 4.90 Å². The predicted octanol–water partition coefficient (Wildman–Crippen LogP) is 2.33. The van der Waals surface area contributed by atoms with Gasteiger partial charge in [-0.1, -0.05) is 6.07 Å². The average molecular weight is 400 g/mol. The Morgan fingerprint density at radius 3 is 2.39 bits per heavy atom. The number of piperazine rings is 1. The fourth-order valence-electron chi connectivity index (χ4n) is 3.14. The number of amides is 1. The smallest absolute Gasteiger partial charge is 0.360 e. The van der Waals surface area contributed by atoms with Crippen LogP contribution in [0.5, 0.6) is 0 Å². The maximum absolute atomic E-state index is 13.2. The second-order valence-electron chi connectivity index (χ2n) is 6.64. The molecular weight excluding hydrogens is 381 g/mol. The lowest BCUT2D eigenvalue weighted by Crippen LogP contribution is -3.15. The minimum atomic E-state index is -4.39. The van der Waals surface area contributed by atoms with E-state index in [2.05, 4.69) is 5.32 Å². The molecule has 28 heavy (non-hydrogen) atoms. The first-order chi connectivity index (χ1) is 13.2. The lowest BCUT2D eigenvalue weighted by atomic mass is 10.1. The lowest BCUT2D eigenvalue weighted by Gasteiger charge is -2.33. The van der Waals surface area contributed by atoms with E-state index in [-0.39, 0.29) is 18.1 Å². The number of nitrogens with one attached hydrogen (secondary N) is 2. The van der Waals surface area contributed by atoms with E-state index < -0.39 is 23.4 Å². The van der Waals surface area contributed by atoms with Gasteiger partial charge in [0.15, 0.2) is 18.2 Å². The van der Waals surface area contributed by atoms with Crippen LogP contribution in [0.3, 0.4) is 0 Å². The zero-order chi connectivity index (χ0) is 20.3. The van der Waals surface area contributed by atoms with Gasteiger partial charge in [0, 0.05) is 17.4 Å². The van der Waals surface area contributed by atoms with Gasteiger partial charge in [0.1, 0.15) is 0 Å². The van der Waals surface area contributed by atoms with Crippen molar-refractivity contribution < 1.29 is 31.6 Å². The SMILES string of the molecule is O=C(C[NH+]1CCN(c2cccc(C(F)(F)F)c2)CC1)Nc1ccc(F)c(F)c1. The van der Waals surface area contributed by atoms with Crippen LogP contribution in [0.25, 0.3) is 0 Å². The molecule has 2 aromatic carbocycles. The van der Waals surface area contributed by atoms with Crippen LogP contribution in [0.4, 0.5) is 33.3 Å². The Morgan fingerprint density at radius 2 is 1.75 bits per heavy atom. The van der Waals surface area contributed by atoms with Crippen LogP contribution in [0, 0.1) is 11.6 Å². The Morgan fingerprint density at radius 1 is 1.04 bits per heavy atom. The first-order valence-corrected chi connectivity index (χ1v) is 8.73. The topological polar surface area (TPSA) is 36.8 Å². The van der Waals surface area contributed by atoms with Crippen molar-refractivity contribution >= 4 is 17.3 Å². The summed E-state index contributed by atoms with van der Waals surface area (Å²) in [7, 11) is 0. The Balaban J connectivity index is 1.52. The van der Waals surface area contributed by atoms with E-state index in [1.54, 1.807) is 6.07 Å². The molecule has 9 heteroatoms. The summed E-state index contributed by atoms with van der Waals surface area (Å²) in [5.41, 5.74) is -0.0169. The van der Waals surface area contributed by atoms with Gasteiger partial charge in [-0.05, 0) is 30.3 Å². The molecule has 0 aromatic heterocycles. The van der Waals surface area contributed by atoms with Crippen LogP contribution >= 0.6 is 0 Å². The molecule has 0 radical (unpaired) electrons. The number of nitrogens with zero attached hydrogens (tertiary/aromatic N) is 1. The summed E-state index contributed by atoms with van der Waals surface area (Å²) in [5.74, 6) is -2.37. The number of rotatable bonds is 4. The van der Waals surface area contributed by atoms with Gasteiger partial charge >= 0.3 is 6.18 Å². The largest absolute Gasteiger partial charge is 0.416 e. The Hall–Kier alpha value is -2.68. The van der Waals surface area contributed by atoms with Crippen molar-refractivity contribution in [1.29, 1.82) is 0 Å². The summed E-state index contributed by atoms with van der Waals surface area (Å²) >= 11 is 0. The first-order valence-electron chi connectivity index (χ1n) is 8.73. The maximum atomic E-state index is 13.2. The van der Waals surface area contributed by atoms with Crippen molar-refractivity contribution in [2.75, 3.05) is 42.9 Å². The number of alkyl halides is 3. The third-order valence-corrected chi connectivity index (χ3v) is 4.62. The van der Waals surface area contributed by atoms with Crippen molar-refractivity contribution in [3.05, 3.63) is 59.7 Å². The molecule has 3 rings (SSSR count). The minimum absolute atomic E-state index is 0.134. The molecule has 1 aliphatic rings. The maximum Gasteiger partial charge on any atom is 0.416 e. The van der Waals surface area contributed by atoms with Gasteiger partial charge in [-0.2, -0.15) is 13.2 Å². The summed E-state index contributed by atoms with van der Waals surface area (Å²) in [6, 6.07) is 8.30. The Kier molecular flexibility index (Phi) is 5.83. The number of carbonyl (C=O) groups is 1. The normalized spacial score (nSPS) is 15.5. The molecule has 4 nitrogen and oxygen atoms in total. The Labute approximate surface area is 158 Å². The molecule has 1 heterocycles. The predicted molar refractivity (Wildman–Crippen MR) is 94.2 cm³/mol. The first kappa shape index (κ1) is 20.1. The highest BCUT2D eigenvalue weighted by molar-refractivity contribution is 5.91. The summed E-state index contributed by atoms with van der Waals surface area (Å²) in [4.78, 5) is 14.9. The van der Waals surface area contributed by atoms with E-state index >= 15 is 0 Å². The fraction of sp³-hybridized carbons (Fsp3) is 0.316. The van der Waals surface area contributed by atoms with E-state index in [0.717, 1.165) is 29.2 Å². The number of carbonyl (C=O) groups excluding carboxylic acids is 1.